The molecule has 0 aliphatic rings. The van der Waals surface area contributed by atoms with Gasteiger partial charge in [-0.25, -0.2) is 0 Å². The molecule has 0 saturated heterocycles. The monoisotopic (exact) mass is 161 g/mol. The summed E-state index contributed by atoms with van der Waals surface area (Å²) in [7, 11) is 0. The second-order valence-electron chi connectivity index (χ2n) is 2.41. The van der Waals surface area contributed by atoms with Crippen LogP contribution in [0.1, 0.15) is 6.92 Å². The van der Waals surface area contributed by atoms with Crippen LogP contribution >= 0.6 is 0 Å². The zero-order chi connectivity index (χ0) is 7.98. The van der Waals surface area contributed by atoms with E-state index in [-0.39, 0.29) is 0 Å². The maximum atomic E-state index is 10.5. The highest BCUT2D eigenvalue weighted by Crippen LogP contribution is 1.83. The predicted octanol–water partition coefficient (Wildman–Crippen LogP) is 0.531. The minimum absolute atomic E-state index is 0.672. The third kappa shape index (κ3) is 8.01. The molecule has 0 rings (SSSR count). The number of hydrogen-bond donors (Lipinski definition) is 1. The smallest absolute Gasteiger partial charge is 0.117 e. The molecule has 3 heteroatoms. The standard InChI is InChI=1S/C7H15NOS/c1-7(2)6-8-4-5-10(3)9/h8H,1,4-6H2,2-3H3. The van der Waals surface area contributed by atoms with Crippen molar-refractivity contribution in [3.8, 4) is 0 Å². The highest BCUT2D eigenvalue weighted by atomic mass is 32.2. The van der Waals surface area contributed by atoms with E-state index in [2.05, 4.69) is 11.9 Å². The molecule has 0 aliphatic carbocycles. The summed E-state index contributed by atoms with van der Waals surface area (Å²) in [4.78, 5) is 0. The highest BCUT2D eigenvalue weighted by molar-refractivity contribution is 7.90. The van der Waals surface area contributed by atoms with Crippen LogP contribution < -0.4 is 5.32 Å². The van der Waals surface area contributed by atoms with Gasteiger partial charge in [0.05, 0.1) is 6.26 Å². The summed E-state index contributed by atoms with van der Waals surface area (Å²) in [5, 5.41) is 3.12. The van der Waals surface area contributed by atoms with Crippen molar-refractivity contribution in [2.75, 3.05) is 25.1 Å². The average Bonchev–Trinajstić information content (AvgIpc) is 1.79. The van der Waals surface area contributed by atoms with E-state index in [4.69, 9.17) is 0 Å². The van der Waals surface area contributed by atoms with Crippen LogP contribution in [0, 0.1) is 0 Å². The van der Waals surface area contributed by atoms with Gasteiger partial charge in [0.25, 0.3) is 0 Å². The van der Waals surface area contributed by atoms with E-state index < -0.39 is 11.2 Å². The van der Waals surface area contributed by atoms with Gasteiger partial charge >= 0.3 is 0 Å². The quantitative estimate of drug-likeness (QED) is 0.363. The Morgan fingerprint density at radius 2 is 2.30 bits per heavy atom. The summed E-state index contributed by atoms with van der Waals surface area (Å²) in [6, 6.07) is 0. The van der Waals surface area contributed by atoms with Crippen LogP contribution in [0.2, 0.25) is 0 Å². The molecule has 10 heavy (non-hydrogen) atoms. The molecule has 0 amide bonds. The summed E-state index contributed by atoms with van der Waals surface area (Å²) in [6.07, 6.45) is 1.71. The maximum absolute atomic E-state index is 10.5. The summed E-state index contributed by atoms with van der Waals surface area (Å²) in [6.45, 7) is 7.35. The Bertz CT molecular complexity index is 104. The second kappa shape index (κ2) is 5.77. The molecule has 1 unspecified atom stereocenters. The molecule has 0 bridgehead atoms. The molecule has 0 spiro atoms. The van der Waals surface area contributed by atoms with Crippen LogP contribution in [-0.2, 0) is 11.2 Å². The average molecular weight is 161 g/mol. The maximum Gasteiger partial charge on any atom is 0.117 e. The van der Waals surface area contributed by atoms with Gasteiger partial charge in [0, 0.05) is 13.1 Å². The third-order valence-corrected chi connectivity index (χ3v) is 1.77. The Kier molecular flexibility index (Phi) is 5.78. The molecule has 0 fully saturated rings. The zero-order valence-corrected chi connectivity index (χ0v) is 7.46. The fourth-order valence-corrected chi connectivity index (χ4v) is 0.949. The molecule has 0 aromatic carbocycles. The molecule has 0 aliphatic heterocycles. The molecule has 60 valence electrons. The summed E-state index contributed by atoms with van der Waals surface area (Å²) < 4.78 is 10.5. The first kappa shape index (κ1) is 10.0. The molecule has 0 heterocycles. The number of hydrogen-bond acceptors (Lipinski definition) is 2. The van der Waals surface area contributed by atoms with Gasteiger partial charge in [0.15, 0.2) is 0 Å². The SMILES string of the molecule is C=C(C)CNCC[S+](C)[O-]. The Morgan fingerprint density at radius 3 is 2.70 bits per heavy atom. The first-order valence-electron chi connectivity index (χ1n) is 3.28. The summed E-state index contributed by atoms with van der Waals surface area (Å²) in [5.41, 5.74) is 1.11. The second-order valence-corrected chi connectivity index (χ2v) is 3.97. The van der Waals surface area contributed by atoms with E-state index in [0.717, 1.165) is 24.4 Å². The van der Waals surface area contributed by atoms with E-state index in [1.54, 1.807) is 6.26 Å². The van der Waals surface area contributed by atoms with E-state index in [1.807, 2.05) is 6.92 Å². The van der Waals surface area contributed by atoms with Gasteiger partial charge in [-0.1, -0.05) is 23.3 Å². The van der Waals surface area contributed by atoms with Gasteiger partial charge in [0.2, 0.25) is 0 Å². The molecule has 1 N–H and O–H groups in total. The third-order valence-electron chi connectivity index (χ3n) is 0.993. The van der Waals surface area contributed by atoms with E-state index in [1.165, 1.54) is 0 Å². The van der Waals surface area contributed by atoms with E-state index >= 15 is 0 Å². The predicted molar refractivity (Wildman–Crippen MR) is 46.6 cm³/mol. The van der Waals surface area contributed by atoms with Crippen molar-refractivity contribution in [3.05, 3.63) is 12.2 Å². The zero-order valence-electron chi connectivity index (χ0n) is 6.64. The van der Waals surface area contributed by atoms with Crippen molar-refractivity contribution in [3.63, 3.8) is 0 Å². The molecule has 0 saturated carbocycles. The Hall–Kier alpha value is 0.01000. The summed E-state index contributed by atoms with van der Waals surface area (Å²) >= 11 is -0.672. The number of nitrogens with one attached hydrogen (secondary N) is 1. The fraction of sp³-hybridized carbons (Fsp3) is 0.714. The molecule has 0 radical (unpaired) electrons. The van der Waals surface area contributed by atoms with Crippen LogP contribution in [0.4, 0.5) is 0 Å². The van der Waals surface area contributed by atoms with Gasteiger partial charge in [-0.15, -0.1) is 0 Å². The Labute approximate surface area is 65.9 Å². The molecular weight excluding hydrogens is 146 g/mol. The van der Waals surface area contributed by atoms with Gasteiger partial charge < -0.3 is 9.87 Å². The van der Waals surface area contributed by atoms with E-state index in [0.29, 0.717) is 0 Å². The van der Waals surface area contributed by atoms with Crippen LogP contribution in [0.25, 0.3) is 0 Å². The van der Waals surface area contributed by atoms with E-state index in [9.17, 15) is 4.55 Å². The van der Waals surface area contributed by atoms with Gasteiger partial charge in [-0.2, -0.15) is 0 Å². The van der Waals surface area contributed by atoms with Gasteiger partial charge in [0.1, 0.15) is 5.75 Å². The molecular formula is C7H15NOS. The number of rotatable bonds is 5. The largest absolute Gasteiger partial charge is 0.617 e. The normalized spacial score (nSPS) is 13.1. The van der Waals surface area contributed by atoms with Crippen LogP contribution in [0.3, 0.4) is 0 Å². The Balaban J connectivity index is 2.98. The first-order valence-corrected chi connectivity index (χ1v) is 5.00. The van der Waals surface area contributed by atoms with Crippen LogP contribution in [0.5, 0.6) is 0 Å². The van der Waals surface area contributed by atoms with Crippen molar-refractivity contribution < 1.29 is 4.55 Å². The molecule has 0 aromatic rings. The lowest BCUT2D eigenvalue weighted by atomic mass is 10.3. The van der Waals surface area contributed by atoms with Crippen LogP contribution in [0.15, 0.2) is 12.2 Å². The van der Waals surface area contributed by atoms with Gasteiger partial charge in [-0.3, -0.25) is 0 Å². The molecule has 0 aromatic heterocycles. The van der Waals surface area contributed by atoms with Crippen molar-refractivity contribution in [2.24, 2.45) is 0 Å². The van der Waals surface area contributed by atoms with Crippen molar-refractivity contribution in [1.82, 2.24) is 5.32 Å². The lowest BCUT2D eigenvalue weighted by Crippen LogP contribution is -2.23. The molecule has 1 atom stereocenters. The van der Waals surface area contributed by atoms with Crippen molar-refractivity contribution in [1.29, 1.82) is 0 Å². The highest BCUT2D eigenvalue weighted by Gasteiger charge is 1.94. The minimum Gasteiger partial charge on any atom is -0.617 e. The van der Waals surface area contributed by atoms with Crippen molar-refractivity contribution in [2.45, 2.75) is 6.92 Å². The Morgan fingerprint density at radius 1 is 1.70 bits per heavy atom. The minimum atomic E-state index is -0.672. The first-order chi connectivity index (χ1) is 4.63. The topological polar surface area (TPSA) is 35.1 Å². The fourth-order valence-electron chi connectivity index (χ4n) is 0.518. The summed E-state index contributed by atoms with van der Waals surface area (Å²) in [5.74, 6) is 0.729. The van der Waals surface area contributed by atoms with Crippen LogP contribution in [-0.4, -0.2) is 29.7 Å². The lowest BCUT2D eigenvalue weighted by molar-refractivity contribution is 0.597. The molecule has 2 nitrogen and oxygen atoms in total. The van der Waals surface area contributed by atoms with Gasteiger partial charge in [-0.05, 0) is 6.92 Å². The van der Waals surface area contributed by atoms with Crippen molar-refractivity contribution >= 4 is 11.2 Å². The lowest BCUT2D eigenvalue weighted by Gasteiger charge is -2.05.